The molecule has 3 aromatic rings. The molecule has 178 valence electrons. The number of benzene rings is 2. The molecule has 0 spiro atoms. The van der Waals surface area contributed by atoms with Gasteiger partial charge in [-0.3, -0.25) is 4.57 Å². The fourth-order valence-corrected chi connectivity index (χ4v) is 6.09. The summed E-state index contributed by atoms with van der Waals surface area (Å²) < 4.78 is 29.5. The van der Waals surface area contributed by atoms with Gasteiger partial charge in [0.15, 0.2) is 11.0 Å². The van der Waals surface area contributed by atoms with Crippen LogP contribution >= 0.6 is 11.8 Å². The molecule has 2 unspecified atom stereocenters. The van der Waals surface area contributed by atoms with E-state index in [1.54, 1.807) is 18.2 Å². The minimum atomic E-state index is -3.58. The molecule has 0 aliphatic carbocycles. The monoisotopic (exact) mass is 488 g/mol. The topological polar surface area (TPSA) is 88.3 Å². The van der Waals surface area contributed by atoms with Crippen molar-refractivity contribution in [1.82, 2.24) is 19.1 Å². The number of aromatic nitrogens is 3. The SMILES string of the molecule is CCC(C)n1c(SCC(O)c2ccccc2)nnc1-c1cccc(S(=O)(=O)N(CC)CC)c1. The Morgan fingerprint density at radius 2 is 1.73 bits per heavy atom. The van der Waals surface area contributed by atoms with Crippen LogP contribution in [0.5, 0.6) is 0 Å². The lowest BCUT2D eigenvalue weighted by molar-refractivity contribution is 0.204. The fourth-order valence-electron chi connectivity index (χ4n) is 3.59. The maximum Gasteiger partial charge on any atom is 0.243 e. The van der Waals surface area contributed by atoms with Crippen molar-refractivity contribution < 1.29 is 13.5 Å². The molecule has 0 aliphatic heterocycles. The molecule has 0 saturated carbocycles. The first-order valence-electron chi connectivity index (χ1n) is 11.2. The van der Waals surface area contributed by atoms with Crippen molar-refractivity contribution >= 4 is 21.8 Å². The van der Waals surface area contributed by atoms with Gasteiger partial charge in [0.05, 0.1) is 11.0 Å². The van der Waals surface area contributed by atoms with E-state index in [-0.39, 0.29) is 10.9 Å². The van der Waals surface area contributed by atoms with E-state index in [9.17, 15) is 13.5 Å². The van der Waals surface area contributed by atoms with Gasteiger partial charge in [-0.2, -0.15) is 4.31 Å². The summed E-state index contributed by atoms with van der Waals surface area (Å²) in [6, 6.07) is 16.5. The molecule has 0 aliphatic rings. The summed E-state index contributed by atoms with van der Waals surface area (Å²) in [6.07, 6.45) is 0.237. The summed E-state index contributed by atoms with van der Waals surface area (Å²) in [5.74, 6) is 1.06. The molecule has 7 nitrogen and oxygen atoms in total. The highest BCUT2D eigenvalue weighted by molar-refractivity contribution is 7.99. The third kappa shape index (κ3) is 5.66. The van der Waals surface area contributed by atoms with E-state index >= 15 is 0 Å². The lowest BCUT2D eigenvalue weighted by Gasteiger charge is -2.20. The number of hydrogen-bond donors (Lipinski definition) is 1. The normalized spacial score (nSPS) is 13.9. The van der Waals surface area contributed by atoms with Gasteiger partial charge in [0.1, 0.15) is 0 Å². The molecular formula is C24H32N4O3S2. The Balaban J connectivity index is 1.94. The van der Waals surface area contributed by atoms with Crippen molar-refractivity contribution in [3.63, 3.8) is 0 Å². The van der Waals surface area contributed by atoms with Crippen LogP contribution < -0.4 is 0 Å². The zero-order chi connectivity index (χ0) is 24.0. The molecule has 2 atom stereocenters. The molecular weight excluding hydrogens is 456 g/mol. The second-order valence-corrected chi connectivity index (χ2v) is 10.7. The van der Waals surface area contributed by atoms with Gasteiger partial charge in [-0.1, -0.05) is 75.0 Å². The van der Waals surface area contributed by atoms with E-state index in [2.05, 4.69) is 24.0 Å². The predicted molar refractivity (Wildman–Crippen MR) is 133 cm³/mol. The first-order valence-corrected chi connectivity index (χ1v) is 13.7. The minimum Gasteiger partial charge on any atom is -0.388 e. The molecule has 1 N–H and O–H groups in total. The lowest BCUT2D eigenvalue weighted by atomic mass is 10.1. The molecule has 0 amide bonds. The van der Waals surface area contributed by atoms with E-state index in [0.717, 1.165) is 12.0 Å². The maximum absolute atomic E-state index is 13.0. The van der Waals surface area contributed by atoms with Crippen LogP contribution in [-0.2, 0) is 10.0 Å². The quantitative estimate of drug-likeness (QED) is 0.391. The van der Waals surface area contributed by atoms with Gasteiger partial charge in [0, 0.05) is 30.4 Å². The number of hydrogen-bond acceptors (Lipinski definition) is 6. The van der Waals surface area contributed by atoms with Crippen LogP contribution in [0.25, 0.3) is 11.4 Å². The Labute approximate surface area is 200 Å². The summed E-state index contributed by atoms with van der Waals surface area (Å²) in [6.45, 7) is 8.66. The molecule has 0 radical (unpaired) electrons. The minimum absolute atomic E-state index is 0.106. The lowest BCUT2D eigenvalue weighted by Crippen LogP contribution is -2.30. The van der Waals surface area contributed by atoms with Crippen LogP contribution in [0.15, 0.2) is 64.6 Å². The zero-order valence-electron chi connectivity index (χ0n) is 19.5. The highest BCUT2D eigenvalue weighted by Crippen LogP contribution is 2.32. The number of sulfonamides is 1. The Kier molecular flexibility index (Phi) is 8.69. The molecule has 1 aromatic heterocycles. The van der Waals surface area contributed by atoms with Crippen LogP contribution in [-0.4, -0.2) is 51.4 Å². The summed E-state index contributed by atoms with van der Waals surface area (Å²) in [5, 5.41) is 20.1. The highest BCUT2D eigenvalue weighted by atomic mass is 32.2. The maximum atomic E-state index is 13.0. The number of aliphatic hydroxyl groups is 1. The van der Waals surface area contributed by atoms with Crippen molar-refractivity contribution in [2.45, 2.75) is 56.3 Å². The molecule has 9 heteroatoms. The van der Waals surface area contributed by atoms with Crippen molar-refractivity contribution in [3.05, 3.63) is 60.2 Å². The second kappa shape index (κ2) is 11.3. The van der Waals surface area contributed by atoms with Crippen LogP contribution in [0.3, 0.4) is 0 Å². The van der Waals surface area contributed by atoms with Crippen LogP contribution in [0.1, 0.15) is 51.8 Å². The molecule has 33 heavy (non-hydrogen) atoms. The standard InChI is InChI=1S/C24H32N4O3S2/c1-5-18(4)28-23(20-14-11-15-21(16-20)33(30,31)27(6-2)7-3)25-26-24(28)32-17-22(29)19-12-9-8-10-13-19/h8-16,18,22,29H,5-7,17H2,1-4H3. The smallest absolute Gasteiger partial charge is 0.243 e. The molecule has 0 bridgehead atoms. The first-order chi connectivity index (χ1) is 15.8. The Morgan fingerprint density at radius 1 is 1.03 bits per heavy atom. The Bertz CT molecular complexity index is 1150. The molecule has 2 aromatic carbocycles. The van der Waals surface area contributed by atoms with Crippen molar-refractivity contribution in [3.8, 4) is 11.4 Å². The van der Waals surface area contributed by atoms with Gasteiger partial charge in [0.25, 0.3) is 0 Å². The number of thioether (sulfide) groups is 1. The zero-order valence-corrected chi connectivity index (χ0v) is 21.2. The summed E-state index contributed by atoms with van der Waals surface area (Å²) >= 11 is 1.44. The van der Waals surface area contributed by atoms with E-state index in [0.29, 0.717) is 35.4 Å². The fraction of sp³-hybridized carbons (Fsp3) is 0.417. The molecule has 0 saturated heterocycles. The average Bonchev–Trinajstić information content (AvgIpc) is 3.27. The molecule has 0 fully saturated rings. The van der Waals surface area contributed by atoms with Crippen LogP contribution in [0, 0.1) is 0 Å². The van der Waals surface area contributed by atoms with E-state index in [1.165, 1.54) is 16.1 Å². The summed E-state index contributed by atoms with van der Waals surface area (Å²) in [7, 11) is -3.58. The third-order valence-electron chi connectivity index (χ3n) is 5.69. The number of rotatable bonds is 11. The number of nitrogens with zero attached hydrogens (tertiary/aromatic N) is 4. The largest absolute Gasteiger partial charge is 0.388 e. The Morgan fingerprint density at radius 3 is 2.36 bits per heavy atom. The summed E-state index contributed by atoms with van der Waals surface area (Å²) in [4.78, 5) is 0.246. The van der Waals surface area contributed by atoms with Gasteiger partial charge < -0.3 is 5.11 Å². The van der Waals surface area contributed by atoms with Crippen LogP contribution in [0.4, 0.5) is 0 Å². The highest BCUT2D eigenvalue weighted by Gasteiger charge is 2.24. The van der Waals surface area contributed by atoms with E-state index in [4.69, 9.17) is 0 Å². The van der Waals surface area contributed by atoms with Gasteiger partial charge in [-0.05, 0) is 31.0 Å². The molecule has 3 rings (SSSR count). The van der Waals surface area contributed by atoms with Crippen molar-refractivity contribution in [2.24, 2.45) is 0 Å². The average molecular weight is 489 g/mol. The first kappa shape index (κ1) is 25.4. The third-order valence-corrected chi connectivity index (χ3v) is 8.75. The van der Waals surface area contributed by atoms with Gasteiger partial charge in [-0.25, -0.2) is 8.42 Å². The van der Waals surface area contributed by atoms with Crippen molar-refractivity contribution in [1.29, 1.82) is 0 Å². The van der Waals surface area contributed by atoms with Gasteiger partial charge >= 0.3 is 0 Å². The Hall–Kier alpha value is -2.20. The van der Waals surface area contributed by atoms with Crippen molar-refractivity contribution in [2.75, 3.05) is 18.8 Å². The van der Waals surface area contributed by atoms with E-state index in [1.807, 2.05) is 54.8 Å². The predicted octanol–water partition coefficient (Wildman–Crippen LogP) is 4.77. The molecule has 1 heterocycles. The van der Waals surface area contributed by atoms with E-state index < -0.39 is 16.1 Å². The number of aliphatic hydroxyl groups excluding tert-OH is 1. The van der Waals surface area contributed by atoms with Gasteiger partial charge in [-0.15, -0.1) is 10.2 Å². The second-order valence-electron chi connectivity index (χ2n) is 7.79. The van der Waals surface area contributed by atoms with Gasteiger partial charge in [0.2, 0.25) is 10.0 Å². The summed E-state index contributed by atoms with van der Waals surface area (Å²) in [5.41, 5.74) is 1.56. The van der Waals surface area contributed by atoms with Crippen LogP contribution in [0.2, 0.25) is 0 Å².